The molecule has 0 radical (unpaired) electrons. The molecule has 0 saturated heterocycles. The third-order valence-electron chi connectivity index (χ3n) is 4.62. The number of hydrogen-bond donors (Lipinski definition) is 1. The smallest absolute Gasteiger partial charge is 0.266 e. The van der Waals surface area contributed by atoms with Crippen molar-refractivity contribution >= 4 is 5.88 Å². The molecule has 2 heterocycles. The van der Waals surface area contributed by atoms with Gasteiger partial charge < -0.3 is 18.9 Å². The van der Waals surface area contributed by atoms with Crippen molar-refractivity contribution in [1.29, 1.82) is 5.26 Å². The van der Waals surface area contributed by atoms with Crippen LogP contribution < -0.4 is 10.1 Å². The Bertz CT molecular complexity index is 1170. The summed E-state index contributed by atoms with van der Waals surface area (Å²) in [5.74, 6) is 2.41. The minimum absolute atomic E-state index is 0.0472. The van der Waals surface area contributed by atoms with E-state index < -0.39 is 0 Å². The van der Waals surface area contributed by atoms with Crippen LogP contribution in [0.15, 0.2) is 75.6 Å². The first-order valence-electron chi connectivity index (χ1n) is 9.63. The van der Waals surface area contributed by atoms with E-state index in [1.165, 1.54) is 0 Å². The van der Waals surface area contributed by atoms with Crippen molar-refractivity contribution in [3.05, 3.63) is 89.3 Å². The molecule has 4 aromatic rings. The molecular formula is C24H21N3O3. The largest absolute Gasteiger partial charge is 0.486 e. The molecule has 0 unspecified atom stereocenters. The van der Waals surface area contributed by atoms with Gasteiger partial charge in [-0.25, -0.2) is 0 Å². The molecule has 30 heavy (non-hydrogen) atoms. The first-order chi connectivity index (χ1) is 14.6. The standard InChI is InChI=1S/C24H21N3O3/c1-16-7-6-10-19(13-16)28-15-20-11-12-22(29-20)24-27-21(14-25)23(30-24)26-17(2)18-8-4-3-5-9-18/h3-13,17,26H,15H2,1-2H3/t17-/m0/s1. The number of nitriles is 1. The molecule has 0 aliphatic heterocycles. The molecule has 0 spiro atoms. The molecule has 6 nitrogen and oxygen atoms in total. The number of oxazole rings is 1. The second-order valence-corrected chi connectivity index (χ2v) is 6.96. The van der Waals surface area contributed by atoms with Crippen LogP contribution in [0.5, 0.6) is 5.75 Å². The van der Waals surface area contributed by atoms with Gasteiger partial charge in [0.1, 0.15) is 24.2 Å². The maximum atomic E-state index is 9.44. The summed E-state index contributed by atoms with van der Waals surface area (Å²) >= 11 is 0. The van der Waals surface area contributed by atoms with E-state index in [9.17, 15) is 5.26 Å². The van der Waals surface area contributed by atoms with E-state index in [-0.39, 0.29) is 24.2 Å². The van der Waals surface area contributed by atoms with Crippen LogP contribution in [-0.4, -0.2) is 4.98 Å². The Morgan fingerprint density at radius 3 is 2.67 bits per heavy atom. The zero-order chi connectivity index (χ0) is 20.9. The summed E-state index contributed by atoms with van der Waals surface area (Å²) in [5, 5.41) is 12.6. The molecule has 2 aromatic heterocycles. The van der Waals surface area contributed by atoms with E-state index in [1.807, 2.05) is 68.4 Å². The summed E-state index contributed by atoms with van der Waals surface area (Å²) in [6.07, 6.45) is 0. The third kappa shape index (κ3) is 4.36. The summed E-state index contributed by atoms with van der Waals surface area (Å²) in [6, 6.07) is 23.3. The molecule has 0 bridgehead atoms. The van der Waals surface area contributed by atoms with Gasteiger partial charge in [0.05, 0.1) is 6.04 Å². The monoisotopic (exact) mass is 399 g/mol. The van der Waals surface area contributed by atoms with Crippen molar-refractivity contribution in [2.45, 2.75) is 26.5 Å². The first-order valence-corrected chi connectivity index (χ1v) is 9.63. The van der Waals surface area contributed by atoms with Gasteiger partial charge in [-0.3, -0.25) is 0 Å². The van der Waals surface area contributed by atoms with E-state index in [2.05, 4.69) is 16.4 Å². The second kappa shape index (κ2) is 8.58. The Labute approximate surface area is 174 Å². The Kier molecular flexibility index (Phi) is 5.53. The first kappa shape index (κ1) is 19.3. The minimum Gasteiger partial charge on any atom is -0.486 e. The van der Waals surface area contributed by atoms with Crippen LogP contribution in [0.3, 0.4) is 0 Å². The fraction of sp³-hybridized carbons (Fsp3) is 0.167. The number of hydrogen-bond acceptors (Lipinski definition) is 6. The highest BCUT2D eigenvalue weighted by molar-refractivity contribution is 5.55. The number of nitrogens with zero attached hydrogens (tertiary/aromatic N) is 2. The van der Waals surface area contributed by atoms with Crippen LogP contribution in [0, 0.1) is 18.3 Å². The number of rotatable bonds is 7. The summed E-state index contributed by atoms with van der Waals surface area (Å²) < 4.78 is 17.4. The molecule has 0 aliphatic rings. The van der Waals surface area contributed by atoms with Gasteiger partial charge in [0, 0.05) is 0 Å². The second-order valence-electron chi connectivity index (χ2n) is 6.96. The molecule has 0 saturated carbocycles. The number of aryl methyl sites for hydroxylation is 1. The minimum atomic E-state index is -0.0472. The maximum Gasteiger partial charge on any atom is 0.266 e. The predicted octanol–water partition coefficient (Wildman–Crippen LogP) is 5.87. The van der Waals surface area contributed by atoms with Gasteiger partial charge >= 0.3 is 0 Å². The Morgan fingerprint density at radius 2 is 1.90 bits per heavy atom. The number of furan rings is 1. The lowest BCUT2D eigenvalue weighted by Gasteiger charge is -2.12. The van der Waals surface area contributed by atoms with Crippen LogP contribution in [0.4, 0.5) is 5.88 Å². The number of benzene rings is 2. The van der Waals surface area contributed by atoms with Gasteiger partial charge in [0.15, 0.2) is 5.76 Å². The molecule has 6 heteroatoms. The quantitative estimate of drug-likeness (QED) is 0.418. The van der Waals surface area contributed by atoms with Crippen molar-refractivity contribution in [1.82, 2.24) is 4.98 Å². The fourth-order valence-electron chi connectivity index (χ4n) is 3.05. The summed E-state index contributed by atoms with van der Waals surface area (Å²) in [5.41, 5.74) is 2.39. The molecule has 2 aromatic carbocycles. The van der Waals surface area contributed by atoms with Gasteiger partial charge in [-0.15, -0.1) is 0 Å². The zero-order valence-corrected chi connectivity index (χ0v) is 16.8. The Balaban J connectivity index is 1.47. The summed E-state index contributed by atoms with van der Waals surface area (Å²) in [7, 11) is 0. The fourth-order valence-corrected chi connectivity index (χ4v) is 3.05. The number of nitrogens with one attached hydrogen (secondary N) is 1. The van der Waals surface area contributed by atoms with Gasteiger partial charge in [-0.2, -0.15) is 10.2 Å². The molecule has 4 rings (SSSR count). The van der Waals surface area contributed by atoms with Gasteiger partial charge in [-0.05, 0) is 49.2 Å². The molecule has 0 amide bonds. The number of anilines is 1. The molecule has 1 N–H and O–H groups in total. The van der Waals surface area contributed by atoms with E-state index in [4.69, 9.17) is 13.6 Å². The highest BCUT2D eigenvalue weighted by atomic mass is 16.5. The molecule has 0 fully saturated rings. The highest BCUT2D eigenvalue weighted by Gasteiger charge is 2.19. The average Bonchev–Trinajstić information content (AvgIpc) is 3.40. The van der Waals surface area contributed by atoms with Crippen molar-refractivity contribution in [3.63, 3.8) is 0 Å². The van der Waals surface area contributed by atoms with Crippen LogP contribution in [0.2, 0.25) is 0 Å². The molecular weight excluding hydrogens is 378 g/mol. The van der Waals surface area contributed by atoms with E-state index in [0.717, 1.165) is 16.9 Å². The van der Waals surface area contributed by atoms with E-state index in [0.29, 0.717) is 17.4 Å². The number of ether oxygens (including phenoxy) is 1. The van der Waals surface area contributed by atoms with Crippen LogP contribution >= 0.6 is 0 Å². The van der Waals surface area contributed by atoms with E-state index >= 15 is 0 Å². The van der Waals surface area contributed by atoms with Crippen LogP contribution in [0.1, 0.15) is 35.5 Å². The van der Waals surface area contributed by atoms with Crippen LogP contribution in [-0.2, 0) is 6.61 Å². The topological polar surface area (TPSA) is 84.2 Å². The van der Waals surface area contributed by atoms with Crippen molar-refractivity contribution in [2.24, 2.45) is 0 Å². The molecule has 0 aliphatic carbocycles. The lowest BCUT2D eigenvalue weighted by atomic mass is 10.1. The molecule has 150 valence electrons. The maximum absolute atomic E-state index is 9.44. The summed E-state index contributed by atoms with van der Waals surface area (Å²) in [6.45, 7) is 4.29. The van der Waals surface area contributed by atoms with Gasteiger partial charge in [-0.1, -0.05) is 42.5 Å². The predicted molar refractivity (Wildman–Crippen MR) is 113 cm³/mol. The number of aromatic nitrogens is 1. The lowest BCUT2D eigenvalue weighted by molar-refractivity contribution is 0.271. The van der Waals surface area contributed by atoms with Crippen molar-refractivity contribution in [3.8, 4) is 23.5 Å². The Morgan fingerprint density at radius 1 is 1.07 bits per heavy atom. The Hall–Kier alpha value is -3.98. The SMILES string of the molecule is Cc1cccc(OCc2ccc(-c3nc(C#N)c(N[C@@H](C)c4ccccc4)o3)o2)c1. The van der Waals surface area contributed by atoms with Crippen molar-refractivity contribution in [2.75, 3.05) is 5.32 Å². The molecule has 1 atom stereocenters. The van der Waals surface area contributed by atoms with E-state index in [1.54, 1.807) is 12.1 Å². The summed E-state index contributed by atoms with van der Waals surface area (Å²) in [4.78, 5) is 4.26. The van der Waals surface area contributed by atoms with Crippen molar-refractivity contribution < 1.29 is 13.6 Å². The zero-order valence-electron chi connectivity index (χ0n) is 16.8. The third-order valence-corrected chi connectivity index (χ3v) is 4.62. The van der Waals surface area contributed by atoms with Gasteiger partial charge in [0.2, 0.25) is 11.6 Å². The van der Waals surface area contributed by atoms with Crippen LogP contribution in [0.25, 0.3) is 11.7 Å². The van der Waals surface area contributed by atoms with Gasteiger partial charge in [0.25, 0.3) is 5.89 Å². The highest BCUT2D eigenvalue weighted by Crippen LogP contribution is 2.29. The normalized spacial score (nSPS) is 11.6. The lowest BCUT2D eigenvalue weighted by Crippen LogP contribution is -2.06. The average molecular weight is 399 g/mol.